The number of benzene rings is 2. The molecule has 2 aliphatic rings. The number of piperidine rings is 1. The van der Waals surface area contributed by atoms with E-state index in [0.29, 0.717) is 18.5 Å². The van der Waals surface area contributed by atoms with Gasteiger partial charge in [0.2, 0.25) is 11.8 Å². The van der Waals surface area contributed by atoms with E-state index >= 15 is 0 Å². The summed E-state index contributed by atoms with van der Waals surface area (Å²) in [6.45, 7) is 0.402. The summed E-state index contributed by atoms with van der Waals surface area (Å²) < 4.78 is 1.23. The number of amides is 3. The van der Waals surface area contributed by atoms with Crippen LogP contribution in [0.3, 0.4) is 0 Å². The number of nitrogens with zero attached hydrogens (tertiary/aromatic N) is 1. The van der Waals surface area contributed by atoms with Crippen molar-refractivity contribution < 1.29 is 14.4 Å². The zero-order chi connectivity index (χ0) is 18.5. The van der Waals surface area contributed by atoms with Crippen LogP contribution >= 0.6 is 11.3 Å². The molecular formula is C21H16N2O3S. The van der Waals surface area contributed by atoms with Gasteiger partial charge in [-0.15, -0.1) is 11.3 Å². The van der Waals surface area contributed by atoms with Gasteiger partial charge in [0.1, 0.15) is 6.04 Å². The Bertz CT molecular complexity index is 1080. The van der Waals surface area contributed by atoms with Crippen LogP contribution in [0.1, 0.15) is 28.8 Å². The molecule has 1 saturated heterocycles. The summed E-state index contributed by atoms with van der Waals surface area (Å²) in [5.41, 5.74) is 2.65. The highest BCUT2D eigenvalue weighted by molar-refractivity contribution is 7.22. The molecule has 1 N–H and O–H groups in total. The predicted molar refractivity (Wildman–Crippen MR) is 103 cm³/mol. The SMILES string of the molecule is O=C1CCC(N2Cc3cc(-c4cc5ccccc5s4)ccc3C2=O)C(=O)N1. The first-order valence-electron chi connectivity index (χ1n) is 8.87. The Morgan fingerprint density at radius 1 is 1.04 bits per heavy atom. The second-order valence-electron chi connectivity index (χ2n) is 6.92. The number of hydrogen-bond acceptors (Lipinski definition) is 4. The van der Waals surface area contributed by atoms with E-state index < -0.39 is 6.04 Å². The molecule has 0 aliphatic carbocycles. The number of hydrogen-bond donors (Lipinski definition) is 1. The molecule has 3 aromatic rings. The minimum atomic E-state index is -0.574. The maximum Gasteiger partial charge on any atom is 0.255 e. The summed E-state index contributed by atoms with van der Waals surface area (Å²) in [6, 6.07) is 15.7. The maximum absolute atomic E-state index is 12.8. The van der Waals surface area contributed by atoms with Gasteiger partial charge >= 0.3 is 0 Å². The van der Waals surface area contributed by atoms with Gasteiger partial charge in [0, 0.05) is 28.1 Å². The molecule has 2 aliphatic heterocycles. The number of carbonyl (C=O) groups excluding carboxylic acids is 3. The molecule has 0 spiro atoms. The molecule has 0 bridgehead atoms. The highest BCUT2D eigenvalue weighted by Gasteiger charge is 2.39. The average molecular weight is 376 g/mol. The zero-order valence-electron chi connectivity index (χ0n) is 14.4. The van der Waals surface area contributed by atoms with Gasteiger partial charge in [0.15, 0.2) is 0 Å². The van der Waals surface area contributed by atoms with Gasteiger partial charge in [0.05, 0.1) is 0 Å². The third kappa shape index (κ3) is 2.64. The fourth-order valence-corrected chi connectivity index (χ4v) is 4.91. The first-order chi connectivity index (χ1) is 13.1. The van der Waals surface area contributed by atoms with Crippen molar-refractivity contribution in [3.8, 4) is 10.4 Å². The lowest BCUT2D eigenvalue weighted by molar-refractivity contribution is -0.136. The monoisotopic (exact) mass is 376 g/mol. The van der Waals surface area contributed by atoms with E-state index in [1.54, 1.807) is 16.2 Å². The van der Waals surface area contributed by atoms with Crippen molar-refractivity contribution in [3.05, 3.63) is 59.7 Å². The zero-order valence-corrected chi connectivity index (χ0v) is 15.2. The summed E-state index contributed by atoms with van der Waals surface area (Å²) in [4.78, 5) is 39.0. The molecule has 1 unspecified atom stereocenters. The molecule has 1 fully saturated rings. The first kappa shape index (κ1) is 16.2. The quantitative estimate of drug-likeness (QED) is 0.698. The van der Waals surface area contributed by atoms with Crippen LogP contribution in [0.5, 0.6) is 0 Å². The molecule has 6 heteroatoms. The van der Waals surface area contributed by atoms with Crippen molar-refractivity contribution in [1.29, 1.82) is 0 Å². The maximum atomic E-state index is 12.8. The molecular weight excluding hydrogens is 360 g/mol. The van der Waals surface area contributed by atoms with Gasteiger partial charge in [-0.2, -0.15) is 0 Å². The smallest absolute Gasteiger partial charge is 0.255 e. The molecule has 1 aromatic heterocycles. The van der Waals surface area contributed by atoms with Crippen molar-refractivity contribution in [2.75, 3.05) is 0 Å². The molecule has 1 atom stereocenters. The standard InChI is InChI=1S/C21H16N2O3S/c24-19-8-7-16(20(25)22-19)23-11-14-9-13(5-6-15(14)21(23)26)18-10-12-3-1-2-4-17(12)27-18/h1-6,9-10,16H,7-8,11H2,(H,22,24,25). The average Bonchev–Trinajstić information content (AvgIpc) is 3.23. The van der Waals surface area contributed by atoms with Gasteiger partial charge in [-0.1, -0.05) is 24.3 Å². The second-order valence-corrected chi connectivity index (χ2v) is 8.00. The Labute approximate surface area is 159 Å². The third-order valence-corrected chi connectivity index (χ3v) is 6.40. The van der Waals surface area contributed by atoms with Gasteiger partial charge in [-0.25, -0.2) is 0 Å². The van der Waals surface area contributed by atoms with Crippen LogP contribution in [-0.4, -0.2) is 28.7 Å². The number of rotatable bonds is 2. The Kier molecular flexibility index (Phi) is 3.62. The molecule has 27 heavy (non-hydrogen) atoms. The lowest BCUT2D eigenvalue weighted by atomic mass is 10.0. The number of imide groups is 1. The van der Waals surface area contributed by atoms with E-state index in [2.05, 4.69) is 23.5 Å². The lowest BCUT2D eigenvalue weighted by Gasteiger charge is -2.29. The predicted octanol–water partition coefficient (Wildman–Crippen LogP) is 3.33. The van der Waals surface area contributed by atoms with E-state index in [0.717, 1.165) is 16.0 Å². The van der Waals surface area contributed by atoms with Crippen molar-refractivity contribution in [3.63, 3.8) is 0 Å². The minimum Gasteiger partial charge on any atom is -0.322 e. The number of nitrogens with one attached hydrogen (secondary N) is 1. The number of carbonyl (C=O) groups is 3. The van der Waals surface area contributed by atoms with Crippen LogP contribution in [-0.2, 0) is 16.1 Å². The first-order valence-corrected chi connectivity index (χ1v) is 9.68. The van der Waals surface area contributed by atoms with Crippen LogP contribution in [0, 0.1) is 0 Å². The fourth-order valence-electron chi connectivity index (χ4n) is 3.85. The largest absolute Gasteiger partial charge is 0.322 e. The van der Waals surface area contributed by atoms with Crippen LogP contribution in [0.4, 0.5) is 0 Å². The highest BCUT2D eigenvalue weighted by Crippen LogP contribution is 2.36. The molecule has 0 saturated carbocycles. The molecule has 134 valence electrons. The van der Waals surface area contributed by atoms with Gasteiger partial charge in [-0.05, 0) is 47.2 Å². The van der Waals surface area contributed by atoms with Crippen LogP contribution < -0.4 is 5.32 Å². The van der Waals surface area contributed by atoms with Crippen molar-refractivity contribution in [2.45, 2.75) is 25.4 Å². The van der Waals surface area contributed by atoms with E-state index in [-0.39, 0.29) is 24.1 Å². The lowest BCUT2D eigenvalue weighted by Crippen LogP contribution is -2.52. The van der Waals surface area contributed by atoms with Gasteiger partial charge in [0.25, 0.3) is 5.91 Å². The summed E-state index contributed by atoms with van der Waals surface area (Å²) >= 11 is 1.73. The third-order valence-electron chi connectivity index (χ3n) is 5.23. The Morgan fingerprint density at radius 2 is 1.89 bits per heavy atom. The second kappa shape index (κ2) is 6.03. The Morgan fingerprint density at radius 3 is 2.70 bits per heavy atom. The minimum absolute atomic E-state index is 0.137. The van der Waals surface area contributed by atoms with E-state index in [9.17, 15) is 14.4 Å². The Hall–Kier alpha value is -2.99. The van der Waals surface area contributed by atoms with Crippen LogP contribution in [0.15, 0.2) is 48.5 Å². The molecule has 2 aromatic carbocycles. The van der Waals surface area contributed by atoms with Crippen LogP contribution in [0.25, 0.3) is 20.5 Å². The number of fused-ring (bicyclic) bond motifs is 2. The van der Waals surface area contributed by atoms with Crippen molar-refractivity contribution in [2.24, 2.45) is 0 Å². The fraction of sp³-hybridized carbons (Fsp3) is 0.190. The van der Waals surface area contributed by atoms with Gasteiger partial charge < -0.3 is 4.90 Å². The summed E-state index contributed by atoms with van der Waals surface area (Å²) in [5.74, 6) is -0.785. The molecule has 3 amide bonds. The molecule has 5 rings (SSSR count). The van der Waals surface area contributed by atoms with E-state index in [1.807, 2.05) is 30.3 Å². The van der Waals surface area contributed by atoms with Crippen molar-refractivity contribution in [1.82, 2.24) is 10.2 Å². The Balaban J connectivity index is 1.47. The van der Waals surface area contributed by atoms with E-state index in [4.69, 9.17) is 0 Å². The number of thiophene rings is 1. The topological polar surface area (TPSA) is 66.5 Å². The van der Waals surface area contributed by atoms with E-state index in [1.165, 1.54) is 10.1 Å². The summed E-state index contributed by atoms with van der Waals surface area (Å²) in [6.07, 6.45) is 0.650. The summed E-state index contributed by atoms with van der Waals surface area (Å²) in [5, 5.41) is 3.54. The highest BCUT2D eigenvalue weighted by atomic mass is 32.1. The van der Waals surface area contributed by atoms with Gasteiger partial charge in [-0.3, -0.25) is 19.7 Å². The molecule has 5 nitrogen and oxygen atoms in total. The summed E-state index contributed by atoms with van der Waals surface area (Å²) in [7, 11) is 0. The van der Waals surface area contributed by atoms with Crippen LogP contribution in [0.2, 0.25) is 0 Å². The van der Waals surface area contributed by atoms with Crippen molar-refractivity contribution >= 4 is 39.1 Å². The normalized spacial score (nSPS) is 19.5. The molecule has 3 heterocycles. The molecule has 0 radical (unpaired) electrons.